The number of nitrogens with one attached hydrogen (secondary N) is 2. The van der Waals surface area contributed by atoms with E-state index < -0.39 is 5.97 Å². The molecule has 0 spiro atoms. The van der Waals surface area contributed by atoms with Crippen LogP contribution >= 0.6 is 11.3 Å². The van der Waals surface area contributed by atoms with E-state index in [1.165, 1.54) is 11.3 Å². The number of carbonyl (C=O) groups is 2. The van der Waals surface area contributed by atoms with Crippen molar-refractivity contribution in [3.05, 3.63) is 33.0 Å². The van der Waals surface area contributed by atoms with E-state index in [1.54, 1.807) is 6.92 Å². The number of aryl methyl sites for hydroxylation is 3. The SMILES string of the molecule is Cc1n[nH]c(C)c1CC(=O)Nc1sc(C)c(C)c1C(=O)O. The molecule has 2 rings (SSSR count). The molecule has 0 saturated heterocycles. The van der Waals surface area contributed by atoms with Crippen molar-refractivity contribution < 1.29 is 14.7 Å². The topological polar surface area (TPSA) is 95.1 Å². The highest BCUT2D eigenvalue weighted by Crippen LogP contribution is 2.32. The maximum Gasteiger partial charge on any atom is 0.338 e. The second kappa shape index (κ2) is 5.69. The number of aromatic nitrogens is 2. The molecule has 1 amide bonds. The van der Waals surface area contributed by atoms with Gasteiger partial charge in [-0.25, -0.2) is 4.79 Å². The summed E-state index contributed by atoms with van der Waals surface area (Å²) in [5.41, 5.74) is 3.33. The van der Waals surface area contributed by atoms with Gasteiger partial charge in [-0.2, -0.15) is 5.10 Å². The minimum absolute atomic E-state index is 0.170. The van der Waals surface area contributed by atoms with Gasteiger partial charge in [0.2, 0.25) is 5.91 Å². The first-order chi connectivity index (χ1) is 9.81. The fraction of sp³-hybridized carbons (Fsp3) is 0.357. The van der Waals surface area contributed by atoms with Crippen molar-refractivity contribution in [3.8, 4) is 0 Å². The van der Waals surface area contributed by atoms with Crippen LogP contribution in [0.5, 0.6) is 0 Å². The Hall–Kier alpha value is -2.15. The predicted octanol–water partition coefficient (Wildman–Crippen LogP) is 2.58. The highest BCUT2D eigenvalue weighted by atomic mass is 32.1. The van der Waals surface area contributed by atoms with Crippen molar-refractivity contribution in [1.29, 1.82) is 0 Å². The minimum Gasteiger partial charge on any atom is -0.478 e. The number of aromatic carboxylic acids is 1. The monoisotopic (exact) mass is 307 g/mol. The summed E-state index contributed by atoms with van der Waals surface area (Å²) < 4.78 is 0. The number of nitrogens with zero attached hydrogens (tertiary/aromatic N) is 1. The third-order valence-electron chi connectivity index (χ3n) is 3.47. The van der Waals surface area contributed by atoms with E-state index in [-0.39, 0.29) is 17.9 Å². The Kier molecular flexibility index (Phi) is 4.13. The fourth-order valence-corrected chi connectivity index (χ4v) is 3.21. The largest absolute Gasteiger partial charge is 0.478 e. The van der Waals surface area contributed by atoms with Crippen LogP contribution in [-0.2, 0) is 11.2 Å². The summed E-state index contributed by atoms with van der Waals surface area (Å²) in [5.74, 6) is -1.27. The zero-order chi connectivity index (χ0) is 15.7. The lowest BCUT2D eigenvalue weighted by Gasteiger charge is -2.05. The summed E-state index contributed by atoms with van der Waals surface area (Å²) in [6.07, 6.45) is 0.170. The van der Waals surface area contributed by atoms with Crippen molar-refractivity contribution >= 4 is 28.2 Å². The summed E-state index contributed by atoms with van der Waals surface area (Å²) in [6, 6.07) is 0. The normalized spacial score (nSPS) is 10.7. The number of carboxylic acid groups (broad SMARTS) is 1. The Morgan fingerprint density at radius 1 is 1.29 bits per heavy atom. The fourth-order valence-electron chi connectivity index (χ4n) is 2.14. The third kappa shape index (κ3) is 2.97. The number of hydrogen-bond acceptors (Lipinski definition) is 4. The molecule has 2 aromatic rings. The van der Waals surface area contributed by atoms with Gasteiger partial charge < -0.3 is 10.4 Å². The van der Waals surface area contributed by atoms with E-state index in [2.05, 4.69) is 15.5 Å². The van der Waals surface area contributed by atoms with Crippen LogP contribution < -0.4 is 5.32 Å². The number of H-pyrrole nitrogens is 1. The molecule has 6 nitrogen and oxygen atoms in total. The third-order valence-corrected chi connectivity index (χ3v) is 4.59. The standard InChI is InChI=1S/C14H17N3O3S/c1-6-9(4)21-13(12(6)14(19)20)15-11(18)5-10-7(2)16-17-8(10)3/h5H2,1-4H3,(H,15,18)(H,16,17)(H,19,20). The molecule has 3 N–H and O–H groups in total. The highest BCUT2D eigenvalue weighted by molar-refractivity contribution is 7.16. The molecule has 112 valence electrons. The number of anilines is 1. The Bertz CT molecular complexity index is 696. The van der Waals surface area contributed by atoms with Gasteiger partial charge in [-0.1, -0.05) is 0 Å². The second-order valence-electron chi connectivity index (χ2n) is 4.93. The van der Waals surface area contributed by atoms with Crippen LogP contribution in [-0.4, -0.2) is 27.2 Å². The molecular formula is C14H17N3O3S. The molecule has 0 aromatic carbocycles. The van der Waals surface area contributed by atoms with Gasteiger partial charge in [0.15, 0.2) is 0 Å². The van der Waals surface area contributed by atoms with E-state index >= 15 is 0 Å². The van der Waals surface area contributed by atoms with Crippen LogP contribution in [0.4, 0.5) is 5.00 Å². The number of hydrogen-bond donors (Lipinski definition) is 3. The van der Waals surface area contributed by atoms with Crippen molar-refractivity contribution in [2.45, 2.75) is 34.1 Å². The van der Waals surface area contributed by atoms with Crippen LogP contribution in [0.1, 0.15) is 37.7 Å². The molecule has 0 atom stereocenters. The van der Waals surface area contributed by atoms with Crippen LogP contribution in [0, 0.1) is 27.7 Å². The van der Waals surface area contributed by atoms with Gasteiger partial charge in [0, 0.05) is 16.1 Å². The summed E-state index contributed by atoms with van der Waals surface area (Å²) >= 11 is 1.28. The molecule has 0 aliphatic heterocycles. The Labute approximate surface area is 126 Å². The first-order valence-corrected chi connectivity index (χ1v) is 7.26. The molecule has 21 heavy (non-hydrogen) atoms. The van der Waals surface area contributed by atoms with Crippen LogP contribution in [0.15, 0.2) is 0 Å². The molecule has 0 aliphatic rings. The number of aromatic amines is 1. The van der Waals surface area contributed by atoms with Crippen molar-refractivity contribution in [2.75, 3.05) is 5.32 Å². The zero-order valence-corrected chi connectivity index (χ0v) is 13.1. The van der Waals surface area contributed by atoms with Gasteiger partial charge in [-0.05, 0) is 33.3 Å². The van der Waals surface area contributed by atoms with Gasteiger partial charge in [-0.3, -0.25) is 9.89 Å². The molecule has 2 aromatic heterocycles. The lowest BCUT2D eigenvalue weighted by Crippen LogP contribution is -2.16. The molecule has 2 heterocycles. The lowest BCUT2D eigenvalue weighted by molar-refractivity contribution is -0.115. The number of carbonyl (C=O) groups excluding carboxylic acids is 1. The van der Waals surface area contributed by atoms with Gasteiger partial charge in [0.25, 0.3) is 0 Å². The predicted molar refractivity (Wildman–Crippen MR) is 81.1 cm³/mol. The van der Waals surface area contributed by atoms with Gasteiger partial charge in [0.05, 0.1) is 17.7 Å². The summed E-state index contributed by atoms with van der Waals surface area (Å²) in [4.78, 5) is 24.3. The Balaban J connectivity index is 2.21. The van der Waals surface area contributed by atoms with Crippen molar-refractivity contribution in [3.63, 3.8) is 0 Å². The number of thiophene rings is 1. The number of carboxylic acids is 1. The summed E-state index contributed by atoms with van der Waals surface area (Å²) in [6.45, 7) is 7.26. The van der Waals surface area contributed by atoms with Crippen LogP contribution in [0.25, 0.3) is 0 Å². The molecule has 0 bridgehead atoms. The second-order valence-corrected chi connectivity index (χ2v) is 6.15. The lowest BCUT2D eigenvalue weighted by atomic mass is 10.1. The Morgan fingerprint density at radius 3 is 2.48 bits per heavy atom. The Morgan fingerprint density at radius 2 is 1.95 bits per heavy atom. The van der Waals surface area contributed by atoms with Crippen LogP contribution in [0.2, 0.25) is 0 Å². The maximum atomic E-state index is 12.1. The zero-order valence-electron chi connectivity index (χ0n) is 12.3. The molecule has 0 fully saturated rings. The number of rotatable bonds is 4. The van der Waals surface area contributed by atoms with Crippen LogP contribution in [0.3, 0.4) is 0 Å². The highest BCUT2D eigenvalue weighted by Gasteiger charge is 2.21. The van der Waals surface area contributed by atoms with E-state index in [0.29, 0.717) is 10.6 Å². The first kappa shape index (κ1) is 15.2. The molecule has 0 unspecified atom stereocenters. The van der Waals surface area contributed by atoms with E-state index in [1.807, 2.05) is 20.8 Å². The molecule has 0 saturated carbocycles. The quantitative estimate of drug-likeness (QED) is 0.809. The first-order valence-electron chi connectivity index (χ1n) is 6.44. The molecule has 7 heteroatoms. The van der Waals surface area contributed by atoms with E-state index in [4.69, 9.17) is 0 Å². The molecule has 0 radical (unpaired) electrons. The average molecular weight is 307 g/mol. The van der Waals surface area contributed by atoms with Gasteiger partial charge in [0.1, 0.15) is 5.00 Å². The average Bonchev–Trinajstić information content (AvgIpc) is 2.83. The molecule has 0 aliphatic carbocycles. The summed E-state index contributed by atoms with van der Waals surface area (Å²) in [7, 11) is 0. The van der Waals surface area contributed by atoms with Gasteiger partial charge in [-0.15, -0.1) is 11.3 Å². The number of amides is 1. The van der Waals surface area contributed by atoms with Crippen molar-refractivity contribution in [2.24, 2.45) is 0 Å². The van der Waals surface area contributed by atoms with E-state index in [0.717, 1.165) is 21.8 Å². The molecular weight excluding hydrogens is 290 g/mol. The van der Waals surface area contributed by atoms with E-state index in [9.17, 15) is 14.7 Å². The van der Waals surface area contributed by atoms with Crippen molar-refractivity contribution in [1.82, 2.24) is 10.2 Å². The maximum absolute atomic E-state index is 12.1. The van der Waals surface area contributed by atoms with Gasteiger partial charge >= 0.3 is 5.97 Å². The smallest absolute Gasteiger partial charge is 0.338 e. The summed E-state index contributed by atoms with van der Waals surface area (Å²) in [5, 5.41) is 19.2. The minimum atomic E-state index is -1.03.